The molecule has 1 saturated carbocycles. The molecule has 1 heteroatoms. The molecule has 0 aromatic rings. The Labute approximate surface area is 98.6 Å². The molecule has 1 fully saturated rings. The van der Waals surface area contributed by atoms with E-state index in [1.54, 1.807) is 6.08 Å². The quantitative estimate of drug-likeness (QED) is 0.388. The van der Waals surface area contributed by atoms with Crippen molar-refractivity contribution in [2.75, 3.05) is 0 Å². The summed E-state index contributed by atoms with van der Waals surface area (Å²) in [6.45, 7) is 2.23. The van der Waals surface area contributed by atoms with Crippen molar-refractivity contribution in [3.05, 3.63) is 23.8 Å². The Hall–Kier alpha value is -0.850. The van der Waals surface area contributed by atoms with Gasteiger partial charge in [-0.05, 0) is 44.1 Å². The molecule has 16 heavy (non-hydrogen) atoms. The summed E-state index contributed by atoms with van der Waals surface area (Å²) in [5.74, 6) is 0.520. The minimum absolute atomic E-state index is 0.483. The van der Waals surface area contributed by atoms with Crippen LogP contribution in [0.2, 0.25) is 0 Å². The molecule has 0 radical (unpaired) electrons. The van der Waals surface area contributed by atoms with Crippen LogP contribution >= 0.6 is 0 Å². The zero-order chi connectivity index (χ0) is 11.4. The van der Waals surface area contributed by atoms with Crippen LogP contribution in [0.5, 0.6) is 0 Å². The fraction of sp³-hybridized carbons (Fsp3) is 0.667. The van der Waals surface area contributed by atoms with Gasteiger partial charge in [0.2, 0.25) is 0 Å². The second kappa shape index (κ2) is 4.99. The highest BCUT2D eigenvalue weighted by Crippen LogP contribution is 2.51. The van der Waals surface area contributed by atoms with E-state index in [9.17, 15) is 4.79 Å². The van der Waals surface area contributed by atoms with E-state index in [0.717, 1.165) is 6.29 Å². The summed E-state index contributed by atoms with van der Waals surface area (Å²) in [5.41, 5.74) is 1.96. The largest absolute Gasteiger partial charge is 0.299 e. The van der Waals surface area contributed by atoms with Gasteiger partial charge in [0.05, 0.1) is 0 Å². The third-order valence-electron chi connectivity index (χ3n) is 4.49. The predicted molar refractivity (Wildman–Crippen MR) is 67.2 cm³/mol. The maximum atomic E-state index is 10.5. The van der Waals surface area contributed by atoms with Crippen molar-refractivity contribution in [2.24, 2.45) is 11.3 Å². The molecule has 0 saturated heterocycles. The average molecular weight is 218 g/mol. The van der Waals surface area contributed by atoms with Gasteiger partial charge in [0, 0.05) is 5.92 Å². The summed E-state index contributed by atoms with van der Waals surface area (Å²) in [6, 6.07) is 0. The predicted octanol–water partition coefficient (Wildman–Crippen LogP) is 4.05. The van der Waals surface area contributed by atoms with Crippen molar-refractivity contribution in [3.8, 4) is 0 Å². The normalized spacial score (nSPS) is 29.3. The van der Waals surface area contributed by atoms with Crippen LogP contribution in [0.15, 0.2) is 23.8 Å². The van der Waals surface area contributed by atoms with Gasteiger partial charge in [-0.25, -0.2) is 0 Å². The average Bonchev–Trinajstić information content (AvgIpc) is 2.30. The number of hydrogen-bond acceptors (Lipinski definition) is 1. The van der Waals surface area contributed by atoms with Gasteiger partial charge in [-0.15, -0.1) is 0 Å². The highest BCUT2D eigenvalue weighted by molar-refractivity contribution is 5.64. The lowest BCUT2D eigenvalue weighted by Gasteiger charge is -2.45. The molecule has 0 unspecified atom stereocenters. The topological polar surface area (TPSA) is 17.1 Å². The van der Waals surface area contributed by atoms with Gasteiger partial charge in [-0.3, -0.25) is 4.79 Å². The molecule has 88 valence electrons. The number of rotatable bonds is 2. The van der Waals surface area contributed by atoms with E-state index < -0.39 is 0 Å². The molecule has 2 aliphatic carbocycles. The van der Waals surface area contributed by atoms with Crippen LogP contribution in [-0.2, 0) is 4.79 Å². The molecule has 0 bridgehead atoms. The van der Waals surface area contributed by atoms with Crippen LogP contribution in [0.3, 0.4) is 0 Å². The molecule has 1 nitrogen and oxygen atoms in total. The third-order valence-corrected chi connectivity index (χ3v) is 4.49. The van der Waals surface area contributed by atoms with E-state index in [2.05, 4.69) is 19.1 Å². The Morgan fingerprint density at radius 3 is 2.69 bits per heavy atom. The minimum atomic E-state index is 0.483. The van der Waals surface area contributed by atoms with Crippen LogP contribution in [0, 0.1) is 11.3 Å². The number of hydrogen-bond donors (Lipinski definition) is 0. The van der Waals surface area contributed by atoms with Gasteiger partial charge >= 0.3 is 0 Å². The lowest BCUT2D eigenvalue weighted by Crippen LogP contribution is -2.34. The van der Waals surface area contributed by atoms with Gasteiger partial charge < -0.3 is 0 Å². The fourth-order valence-electron chi connectivity index (χ4n) is 3.68. The van der Waals surface area contributed by atoms with Crippen molar-refractivity contribution in [2.45, 2.75) is 51.9 Å². The van der Waals surface area contributed by atoms with Crippen LogP contribution in [0.1, 0.15) is 51.9 Å². The van der Waals surface area contributed by atoms with Crippen LogP contribution in [-0.4, -0.2) is 6.29 Å². The van der Waals surface area contributed by atoms with Crippen molar-refractivity contribution < 1.29 is 4.79 Å². The second-order valence-corrected chi connectivity index (χ2v) is 5.41. The molecule has 1 atom stereocenters. The monoisotopic (exact) mass is 218 g/mol. The first-order valence-corrected chi connectivity index (χ1v) is 6.57. The summed E-state index contributed by atoms with van der Waals surface area (Å²) >= 11 is 0. The molecule has 2 rings (SSSR count). The first-order valence-electron chi connectivity index (χ1n) is 6.57. The van der Waals surface area contributed by atoms with E-state index in [1.807, 2.05) is 0 Å². The first-order chi connectivity index (χ1) is 7.78. The van der Waals surface area contributed by atoms with Crippen molar-refractivity contribution >= 4 is 6.29 Å². The lowest BCUT2D eigenvalue weighted by atomic mass is 9.59. The summed E-state index contributed by atoms with van der Waals surface area (Å²) in [4.78, 5) is 10.5. The highest BCUT2D eigenvalue weighted by Gasteiger charge is 2.40. The third kappa shape index (κ3) is 2.14. The van der Waals surface area contributed by atoms with Crippen LogP contribution < -0.4 is 0 Å². The molecule has 2 aliphatic rings. The van der Waals surface area contributed by atoms with E-state index in [-0.39, 0.29) is 0 Å². The minimum Gasteiger partial charge on any atom is -0.299 e. The molecular formula is C15H22O. The summed E-state index contributed by atoms with van der Waals surface area (Å²) in [6.07, 6.45) is 16.5. The second-order valence-electron chi connectivity index (χ2n) is 5.41. The Balaban J connectivity index is 2.24. The van der Waals surface area contributed by atoms with E-state index >= 15 is 0 Å². The lowest BCUT2D eigenvalue weighted by molar-refractivity contribution is -0.104. The van der Waals surface area contributed by atoms with E-state index in [1.165, 1.54) is 50.5 Å². The summed E-state index contributed by atoms with van der Waals surface area (Å²) in [7, 11) is 0. The number of aldehydes is 1. The Bertz CT molecular complexity index is 305. The van der Waals surface area contributed by atoms with E-state index in [4.69, 9.17) is 0 Å². The zero-order valence-electron chi connectivity index (χ0n) is 10.2. The maximum Gasteiger partial charge on any atom is 0.142 e. The molecule has 0 aromatic carbocycles. The van der Waals surface area contributed by atoms with Crippen LogP contribution in [0.25, 0.3) is 0 Å². The first kappa shape index (κ1) is 11.6. The van der Waals surface area contributed by atoms with E-state index in [0.29, 0.717) is 11.3 Å². The zero-order valence-corrected chi connectivity index (χ0v) is 10.2. The van der Waals surface area contributed by atoms with Crippen molar-refractivity contribution in [3.63, 3.8) is 0 Å². The van der Waals surface area contributed by atoms with Crippen LogP contribution in [0.4, 0.5) is 0 Å². The maximum absolute atomic E-state index is 10.5. The molecule has 0 heterocycles. The van der Waals surface area contributed by atoms with Gasteiger partial charge in [0.15, 0.2) is 0 Å². The fourth-order valence-corrected chi connectivity index (χ4v) is 3.68. The summed E-state index contributed by atoms with van der Waals surface area (Å²) < 4.78 is 0. The number of carbonyl (C=O) groups is 1. The van der Waals surface area contributed by atoms with Gasteiger partial charge in [0.25, 0.3) is 0 Å². The van der Waals surface area contributed by atoms with Gasteiger partial charge in [0.1, 0.15) is 6.29 Å². The Morgan fingerprint density at radius 1 is 1.25 bits per heavy atom. The Morgan fingerprint density at radius 2 is 2.00 bits per heavy atom. The van der Waals surface area contributed by atoms with Crippen molar-refractivity contribution in [1.82, 2.24) is 0 Å². The molecule has 1 spiro atoms. The standard InChI is InChI=1S/C15H22O/c1-13-7-5-11-15(9-3-2-4-10-15)14(13)8-6-12-16/h6-8,12,14H,2-5,9-11H2,1H3/b8-6+/t14-/m0/s1. The SMILES string of the molecule is CC1=CCCC2(CCCCC2)[C@H]1/C=C/C=O. The summed E-state index contributed by atoms with van der Waals surface area (Å²) in [5, 5.41) is 0. The molecule has 0 aromatic heterocycles. The molecule has 0 amide bonds. The van der Waals surface area contributed by atoms with Gasteiger partial charge in [-0.1, -0.05) is 37.0 Å². The number of carbonyl (C=O) groups excluding carboxylic acids is 1. The molecular weight excluding hydrogens is 196 g/mol. The Kier molecular flexibility index (Phi) is 3.63. The smallest absolute Gasteiger partial charge is 0.142 e. The number of allylic oxidation sites excluding steroid dienone is 4. The van der Waals surface area contributed by atoms with Gasteiger partial charge in [-0.2, -0.15) is 0 Å². The highest BCUT2D eigenvalue weighted by atomic mass is 16.1. The molecule has 0 N–H and O–H groups in total. The van der Waals surface area contributed by atoms with Crippen molar-refractivity contribution in [1.29, 1.82) is 0 Å². The molecule has 0 aliphatic heterocycles.